The zero-order valence-electron chi connectivity index (χ0n) is 13.4. The zero-order valence-corrected chi connectivity index (χ0v) is 14.2. The number of benzene rings is 2. The van der Waals surface area contributed by atoms with E-state index in [1.54, 1.807) is 6.07 Å². The predicted molar refractivity (Wildman–Crippen MR) is 95.5 cm³/mol. The van der Waals surface area contributed by atoms with Crippen LogP contribution in [0.25, 0.3) is 0 Å². The number of nitro benzene ring substituents is 1. The van der Waals surface area contributed by atoms with Crippen molar-refractivity contribution >= 4 is 29.6 Å². The van der Waals surface area contributed by atoms with Gasteiger partial charge in [-0.2, -0.15) is 5.10 Å². The van der Waals surface area contributed by atoms with Gasteiger partial charge < -0.3 is 0 Å². The topological polar surface area (TPSA) is 84.6 Å². The van der Waals surface area contributed by atoms with Crippen LogP contribution < -0.4 is 5.43 Å². The number of nitrogens with zero attached hydrogens (tertiary/aromatic N) is 2. The number of hydrogen-bond acceptors (Lipinski definition) is 5. The molecule has 0 aromatic heterocycles. The molecular formula is C17H17N3O3S. The van der Waals surface area contributed by atoms with Gasteiger partial charge in [0, 0.05) is 22.6 Å². The Balaban J connectivity index is 1.92. The van der Waals surface area contributed by atoms with Crippen LogP contribution in [0.1, 0.15) is 16.7 Å². The van der Waals surface area contributed by atoms with Crippen molar-refractivity contribution in [3.63, 3.8) is 0 Å². The van der Waals surface area contributed by atoms with Gasteiger partial charge in [-0.15, -0.1) is 11.8 Å². The maximum atomic E-state index is 11.8. The molecule has 0 aliphatic carbocycles. The third-order valence-electron chi connectivity index (χ3n) is 3.32. The van der Waals surface area contributed by atoms with Crippen LogP contribution in [0.4, 0.5) is 5.69 Å². The van der Waals surface area contributed by atoms with Crippen molar-refractivity contribution in [1.29, 1.82) is 0 Å². The summed E-state index contributed by atoms with van der Waals surface area (Å²) in [5.74, 6) is 0.0124. The molecule has 1 N–H and O–H groups in total. The zero-order chi connectivity index (χ0) is 17.5. The van der Waals surface area contributed by atoms with Gasteiger partial charge in [0.25, 0.3) is 5.69 Å². The molecule has 2 aromatic rings. The second kappa shape index (κ2) is 8.26. The van der Waals surface area contributed by atoms with Crippen LogP contribution >= 0.6 is 11.8 Å². The minimum atomic E-state index is -0.464. The third kappa shape index (κ3) is 4.92. The maximum Gasteiger partial charge on any atom is 0.270 e. The van der Waals surface area contributed by atoms with E-state index in [1.807, 2.05) is 38.1 Å². The second-order valence-electron chi connectivity index (χ2n) is 5.15. The summed E-state index contributed by atoms with van der Waals surface area (Å²) in [6.45, 7) is 3.81. The molecule has 0 atom stereocenters. The molecule has 6 nitrogen and oxygen atoms in total. The first-order chi connectivity index (χ1) is 11.5. The molecule has 0 aliphatic rings. The maximum absolute atomic E-state index is 11.8. The predicted octanol–water partition coefficient (Wildman–Crippen LogP) is 3.45. The van der Waals surface area contributed by atoms with Gasteiger partial charge in [0.15, 0.2) is 0 Å². The lowest BCUT2D eigenvalue weighted by Gasteiger charge is -2.04. The number of carbonyl (C=O) groups excluding carboxylic acids is 1. The Morgan fingerprint density at radius 2 is 2.00 bits per heavy atom. The van der Waals surface area contributed by atoms with Gasteiger partial charge in [0.2, 0.25) is 5.91 Å². The summed E-state index contributed by atoms with van der Waals surface area (Å²) in [6, 6.07) is 12.3. The van der Waals surface area contributed by atoms with Crippen molar-refractivity contribution in [3.05, 3.63) is 69.3 Å². The number of carbonyl (C=O) groups is 1. The van der Waals surface area contributed by atoms with E-state index in [1.165, 1.54) is 30.1 Å². The fourth-order valence-electron chi connectivity index (χ4n) is 1.95. The summed E-state index contributed by atoms with van der Waals surface area (Å²) in [5, 5.41) is 14.7. The van der Waals surface area contributed by atoms with Crippen molar-refractivity contribution in [2.24, 2.45) is 5.10 Å². The SMILES string of the molecule is Cc1ccc([N+](=O)[O-])cc1/C=N/NC(=O)CSc1ccccc1C. The first-order valence-electron chi connectivity index (χ1n) is 7.23. The molecule has 24 heavy (non-hydrogen) atoms. The first kappa shape index (κ1) is 17.7. The normalized spacial score (nSPS) is 10.8. The average Bonchev–Trinajstić information content (AvgIpc) is 2.55. The Morgan fingerprint density at radius 3 is 2.71 bits per heavy atom. The number of thioether (sulfide) groups is 1. The third-order valence-corrected chi connectivity index (χ3v) is 4.49. The summed E-state index contributed by atoms with van der Waals surface area (Å²) >= 11 is 1.44. The van der Waals surface area contributed by atoms with Crippen LogP contribution in [0.2, 0.25) is 0 Å². The number of nitrogens with one attached hydrogen (secondary N) is 1. The molecule has 2 aromatic carbocycles. The number of aryl methyl sites for hydroxylation is 2. The van der Waals surface area contributed by atoms with Gasteiger partial charge in [0.1, 0.15) is 0 Å². The highest BCUT2D eigenvalue weighted by atomic mass is 32.2. The molecule has 0 heterocycles. The molecule has 0 unspecified atom stereocenters. The fourth-order valence-corrected chi connectivity index (χ4v) is 2.77. The van der Waals surface area contributed by atoms with E-state index in [9.17, 15) is 14.9 Å². The van der Waals surface area contributed by atoms with E-state index < -0.39 is 4.92 Å². The largest absolute Gasteiger partial charge is 0.272 e. The van der Waals surface area contributed by atoms with Gasteiger partial charge in [0.05, 0.1) is 16.9 Å². The summed E-state index contributed by atoms with van der Waals surface area (Å²) in [6.07, 6.45) is 1.42. The molecule has 0 saturated heterocycles. The van der Waals surface area contributed by atoms with Crippen LogP contribution in [0.5, 0.6) is 0 Å². The van der Waals surface area contributed by atoms with Gasteiger partial charge >= 0.3 is 0 Å². The van der Waals surface area contributed by atoms with Crippen molar-refractivity contribution in [1.82, 2.24) is 5.43 Å². The number of hydrogen-bond donors (Lipinski definition) is 1. The summed E-state index contributed by atoms with van der Waals surface area (Å²) in [5.41, 5.74) is 4.98. The van der Waals surface area contributed by atoms with Crippen LogP contribution in [0.15, 0.2) is 52.5 Å². The Hall–Kier alpha value is -2.67. The molecule has 0 spiro atoms. The summed E-state index contributed by atoms with van der Waals surface area (Å²) < 4.78 is 0. The molecule has 2 rings (SSSR count). The van der Waals surface area contributed by atoms with E-state index in [4.69, 9.17) is 0 Å². The molecule has 0 bridgehead atoms. The van der Waals surface area contributed by atoms with Crippen molar-refractivity contribution in [2.75, 3.05) is 5.75 Å². The molecule has 0 saturated carbocycles. The summed E-state index contributed by atoms with van der Waals surface area (Å²) in [7, 11) is 0. The molecule has 0 fully saturated rings. The van der Waals surface area contributed by atoms with E-state index in [-0.39, 0.29) is 17.3 Å². The van der Waals surface area contributed by atoms with Crippen LogP contribution in [0.3, 0.4) is 0 Å². The minimum absolute atomic E-state index is 0.0107. The van der Waals surface area contributed by atoms with E-state index in [0.717, 1.165) is 16.0 Å². The van der Waals surface area contributed by atoms with E-state index in [2.05, 4.69) is 10.5 Å². The fraction of sp³-hybridized carbons (Fsp3) is 0.176. The second-order valence-corrected chi connectivity index (χ2v) is 6.16. The monoisotopic (exact) mass is 343 g/mol. The van der Waals surface area contributed by atoms with Crippen LogP contribution in [0, 0.1) is 24.0 Å². The Bertz CT molecular complexity index is 790. The van der Waals surface area contributed by atoms with Crippen LogP contribution in [-0.4, -0.2) is 22.8 Å². The molecule has 0 aliphatic heterocycles. The number of nitro groups is 1. The Morgan fingerprint density at radius 1 is 1.25 bits per heavy atom. The highest BCUT2D eigenvalue weighted by Gasteiger charge is 2.07. The molecule has 124 valence electrons. The van der Waals surface area contributed by atoms with Gasteiger partial charge in [-0.3, -0.25) is 14.9 Å². The number of non-ortho nitro benzene ring substituents is 1. The average molecular weight is 343 g/mol. The number of rotatable bonds is 6. The van der Waals surface area contributed by atoms with E-state index >= 15 is 0 Å². The Labute approximate surface area is 144 Å². The lowest BCUT2D eigenvalue weighted by atomic mass is 10.1. The minimum Gasteiger partial charge on any atom is -0.272 e. The smallest absolute Gasteiger partial charge is 0.270 e. The van der Waals surface area contributed by atoms with Gasteiger partial charge in [-0.25, -0.2) is 5.43 Å². The molecule has 7 heteroatoms. The van der Waals surface area contributed by atoms with Crippen LogP contribution in [-0.2, 0) is 4.79 Å². The molecule has 0 radical (unpaired) electrons. The quantitative estimate of drug-likeness (QED) is 0.377. The number of hydrazone groups is 1. The highest BCUT2D eigenvalue weighted by molar-refractivity contribution is 8.00. The van der Waals surface area contributed by atoms with E-state index in [0.29, 0.717) is 5.56 Å². The van der Waals surface area contributed by atoms with Crippen molar-refractivity contribution < 1.29 is 9.72 Å². The Kier molecular flexibility index (Phi) is 6.08. The van der Waals surface area contributed by atoms with Gasteiger partial charge in [-0.05, 0) is 31.0 Å². The molecular weight excluding hydrogens is 326 g/mol. The highest BCUT2D eigenvalue weighted by Crippen LogP contribution is 2.21. The lowest BCUT2D eigenvalue weighted by molar-refractivity contribution is -0.384. The molecule has 1 amide bonds. The van der Waals surface area contributed by atoms with Crippen molar-refractivity contribution in [3.8, 4) is 0 Å². The van der Waals surface area contributed by atoms with Crippen molar-refractivity contribution in [2.45, 2.75) is 18.7 Å². The number of amides is 1. The first-order valence-corrected chi connectivity index (χ1v) is 8.21. The standard InChI is InChI=1S/C17H17N3O3S/c1-12-7-8-15(20(22)23)9-14(12)10-18-19-17(21)11-24-16-6-4-3-5-13(16)2/h3-10H,11H2,1-2H3,(H,19,21)/b18-10+. The van der Waals surface area contributed by atoms with Gasteiger partial charge in [-0.1, -0.05) is 24.3 Å². The lowest BCUT2D eigenvalue weighted by Crippen LogP contribution is -2.19. The summed E-state index contributed by atoms with van der Waals surface area (Å²) in [4.78, 5) is 23.2.